The monoisotopic (exact) mass is 262 g/mol. The summed E-state index contributed by atoms with van der Waals surface area (Å²) < 4.78 is 9.66. The van der Waals surface area contributed by atoms with Gasteiger partial charge in [-0.25, -0.2) is 9.59 Å². The quantitative estimate of drug-likeness (QED) is 0.727. The first kappa shape index (κ1) is 14.0. The van der Waals surface area contributed by atoms with Crippen molar-refractivity contribution in [2.45, 2.75) is 38.8 Å². The normalized spacial score (nSPS) is 20.0. The fourth-order valence-electron chi connectivity index (χ4n) is 1.57. The molecule has 0 bridgehead atoms. The number of amides is 2. The van der Waals surface area contributed by atoms with Crippen LogP contribution in [0, 0.1) is 0 Å². The smallest absolute Gasteiger partial charge is 0.410 e. The zero-order chi connectivity index (χ0) is 13.1. The zero-order valence-electron chi connectivity index (χ0n) is 10.4. The van der Waals surface area contributed by atoms with E-state index in [1.165, 1.54) is 0 Å². The van der Waals surface area contributed by atoms with Crippen LogP contribution in [0.5, 0.6) is 0 Å². The highest BCUT2D eigenvalue weighted by Crippen LogP contribution is 2.15. The minimum absolute atomic E-state index is 0.0735. The molecule has 1 aliphatic rings. The van der Waals surface area contributed by atoms with Gasteiger partial charge in [-0.1, -0.05) is 0 Å². The molecule has 7 heteroatoms. The summed E-state index contributed by atoms with van der Waals surface area (Å²) in [5, 5.41) is 2.64. The molecule has 0 spiro atoms. The van der Waals surface area contributed by atoms with Crippen molar-refractivity contribution in [3.63, 3.8) is 0 Å². The van der Waals surface area contributed by atoms with E-state index in [1.54, 1.807) is 4.90 Å². The van der Waals surface area contributed by atoms with Gasteiger partial charge in [-0.3, -0.25) is 0 Å². The highest BCUT2D eigenvalue weighted by molar-refractivity contribution is 7.10. The lowest BCUT2D eigenvalue weighted by molar-refractivity contribution is 0.0290. The topological polar surface area (TPSA) is 67.9 Å². The Bertz CT molecular complexity index is 303. The van der Waals surface area contributed by atoms with E-state index in [-0.39, 0.29) is 12.1 Å². The number of nitrogens with one attached hydrogen (secondary N) is 1. The fraction of sp³-hybridized carbons (Fsp3) is 0.800. The average Bonchev–Trinajstić information content (AvgIpc) is 2.63. The van der Waals surface area contributed by atoms with Crippen molar-refractivity contribution < 1.29 is 18.8 Å². The molecule has 0 radical (unpaired) electrons. The van der Waals surface area contributed by atoms with E-state index < -0.39 is 11.7 Å². The van der Waals surface area contributed by atoms with E-state index in [9.17, 15) is 9.59 Å². The molecule has 0 saturated carbocycles. The summed E-state index contributed by atoms with van der Waals surface area (Å²) in [5.41, 5.74) is -0.498. The van der Waals surface area contributed by atoms with Crippen LogP contribution in [0.15, 0.2) is 0 Å². The molecule has 1 N–H and O–H groups in total. The third-order valence-corrected chi connectivity index (χ3v) is 2.48. The van der Waals surface area contributed by atoms with Crippen LogP contribution in [0.1, 0.15) is 27.2 Å². The van der Waals surface area contributed by atoms with Gasteiger partial charge in [0.15, 0.2) is 0 Å². The van der Waals surface area contributed by atoms with Crippen molar-refractivity contribution in [3.8, 4) is 0 Å². The highest BCUT2D eigenvalue weighted by Gasteiger charge is 2.30. The van der Waals surface area contributed by atoms with E-state index in [0.29, 0.717) is 19.5 Å². The predicted molar refractivity (Wildman–Crippen MR) is 65.5 cm³/mol. The molecule has 0 aromatic carbocycles. The molecule has 1 saturated heterocycles. The fourth-order valence-corrected chi connectivity index (χ4v) is 1.64. The van der Waals surface area contributed by atoms with Gasteiger partial charge >= 0.3 is 12.2 Å². The van der Waals surface area contributed by atoms with Gasteiger partial charge in [0.1, 0.15) is 5.60 Å². The highest BCUT2D eigenvalue weighted by atomic mass is 31.0. The van der Waals surface area contributed by atoms with Crippen molar-refractivity contribution in [1.29, 1.82) is 0 Å². The molecular weight excluding hydrogens is 243 g/mol. The lowest BCUT2D eigenvalue weighted by Gasteiger charge is -2.24. The predicted octanol–water partition coefficient (Wildman–Crippen LogP) is 1.51. The van der Waals surface area contributed by atoms with Crippen molar-refractivity contribution >= 4 is 21.7 Å². The SMILES string of the molecule is CC(C)(C)OC(=O)N1CC[C@@H](NC(=O)OP)C1. The first-order valence-electron chi connectivity index (χ1n) is 5.47. The standard InChI is InChI=1S/C10H19N2O4P/c1-10(2,3)15-9(14)12-5-4-7(6-12)11-8(13)16-17/h7H,4-6,17H2,1-3H3,(H,11,13)/t7-/m1/s1. The number of ether oxygens (including phenoxy) is 1. The maximum atomic E-state index is 11.7. The van der Waals surface area contributed by atoms with E-state index in [4.69, 9.17) is 4.74 Å². The van der Waals surface area contributed by atoms with Crippen LogP contribution in [0.3, 0.4) is 0 Å². The number of hydrogen-bond acceptors (Lipinski definition) is 4. The summed E-state index contributed by atoms with van der Waals surface area (Å²) >= 11 is 0. The Balaban J connectivity index is 2.39. The van der Waals surface area contributed by atoms with Crippen LogP contribution in [0.2, 0.25) is 0 Å². The lowest BCUT2D eigenvalue weighted by atomic mass is 10.2. The molecule has 17 heavy (non-hydrogen) atoms. The molecule has 1 aliphatic heterocycles. The molecular formula is C10H19N2O4P. The van der Waals surface area contributed by atoms with E-state index in [1.807, 2.05) is 30.2 Å². The zero-order valence-corrected chi connectivity index (χ0v) is 11.5. The van der Waals surface area contributed by atoms with Gasteiger partial charge in [-0.05, 0) is 27.2 Å². The molecule has 0 aromatic rings. The second-order valence-electron chi connectivity index (χ2n) is 4.96. The summed E-state index contributed by atoms with van der Waals surface area (Å²) in [6.07, 6.45) is -0.147. The van der Waals surface area contributed by atoms with E-state index in [0.717, 1.165) is 0 Å². The number of carbonyl (C=O) groups is 2. The maximum absolute atomic E-state index is 11.7. The molecule has 0 aliphatic carbocycles. The molecule has 1 heterocycles. The molecule has 98 valence electrons. The molecule has 2 amide bonds. The van der Waals surface area contributed by atoms with Crippen LogP contribution < -0.4 is 5.32 Å². The summed E-state index contributed by atoms with van der Waals surface area (Å²) in [7, 11) is 1.88. The molecule has 1 unspecified atom stereocenters. The number of carbonyl (C=O) groups excluding carboxylic acids is 2. The van der Waals surface area contributed by atoms with Crippen LogP contribution in [-0.2, 0) is 9.26 Å². The Kier molecular flexibility index (Phi) is 4.57. The Morgan fingerprint density at radius 3 is 2.59 bits per heavy atom. The first-order valence-corrected chi connectivity index (χ1v) is 5.94. The molecule has 1 fully saturated rings. The van der Waals surface area contributed by atoms with Crippen LogP contribution in [0.4, 0.5) is 9.59 Å². The van der Waals surface area contributed by atoms with Crippen molar-refractivity contribution in [1.82, 2.24) is 10.2 Å². The van der Waals surface area contributed by atoms with Gasteiger partial charge in [0, 0.05) is 13.1 Å². The summed E-state index contributed by atoms with van der Waals surface area (Å²) in [6.45, 7) is 6.50. The van der Waals surface area contributed by atoms with E-state index in [2.05, 4.69) is 9.84 Å². The number of hydrogen-bond donors (Lipinski definition) is 1. The van der Waals surface area contributed by atoms with Crippen molar-refractivity contribution in [3.05, 3.63) is 0 Å². The Labute approximate surface area is 103 Å². The Morgan fingerprint density at radius 1 is 1.41 bits per heavy atom. The van der Waals surface area contributed by atoms with Gasteiger partial charge in [0.2, 0.25) is 0 Å². The lowest BCUT2D eigenvalue weighted by Crippen LogP contribution is -2.39. The van der Waals surface area contributed by atoms with E-state index >= 15 is 0 Å². The maximum Gasteiger partial charge on any atom is 0.410 e. The van der Waals surface area contributed by atoms with Gasteiger partial charge in [0.05, 0.1) is 15.5 Å². The van der Waals surface area contributed by atoms with Gasteiger partial charge in [-0.15, -0.1) is 0 Å². The third kappa shape index (κ3) is 4.77. The largest absolute Gasteiger partial charge is 0.444 e. The minimum Gasteiger partial charge on any atom is -0.444 e. The molecule has 0 aromatic heterocycles. The van der Waals surface area contributed by atoms with Gasteiger partial charge in [0.25, 0.3) is 0 Å². The van der Waals surface area contributed by atoms with Crippen molar-refractivity contribution in [2.75, 3.05) is 13.1 Å². The molecule has 1 rings (SSSR count). The number of rotatable bonds is 1. The van der Waals surface area contributed by atoms with Gasteiger partial charge in [-0.2, -0.15) is 0 Å². The summed E-state index contributed by atoms with van der Waals surface area (Å²) in [6, 6.07) is -0.0735. The van der Waals surface area contributed by atoms with Gasteiger partial charge < -0.3 is 19.5 Å². The van der Waals surface area contributed by atoms with Crippen LogP contribution in [-0.4, -0.2) is 41.8 Å². The first-order chi connectivity index (χ1) is 7.81. The second kappa shape index (κ2) is 5.54. The second-order valence-corrected chi connectivity index (χ2v) is 5.20. The Hall–Kier alpha value is -1.03. The number of likely N-dealkylation sites (tertiary alicyclic amines) is 1. The summed E-state index contributed by atoms with van der Waals surface area (Å²) in [4.78, 5) is 24.3. The van der Waals surface area contributed by atoms with Crippen LogP contribution >= 0.6 is 9.47 Å². The summed E-state index contributed by atoms with van der Waals surface area (Å²) in [5.74, 6) is 0. The number of nitrogens with zero attached hydrogens (tertiary/aromatic N) is 1. The van der Waals surface area contributed by atoms with Crippen molar-refractivity contribution in [2.24, 2.45) is 0 Å². The molecule has 2 atom stereocenters. The molecule has 6 nitrogen and oxygen atoms in total. The average molecular weight is 262 g/mol. The third-order valence-electron chi connectivity index (χ3n) is 2.27. The minimum atomic E-state index is -0.508. The van der Waals surface area contributed by atoms with Crippen LogP contribution in [0.25, 0.3) is 0 Å². The Morgan fingerprint density at radius 2 is 2.06 bits per heavy atom.